The highest BCUT2D eigenvalue weighted by Crippen LogP contribution is 2.35. The minimum absolute atomic E-state index is 0.222. The van der Waals surface area contributed by atoms with E-state index in [1.807, 2.05) is 23.4 Å². The molecule has 1 aliphatic heterocycles. The number of hydrogen-bond donors (Lipinski definition) is 1. The van der Waals surface area contributed by atoms with Crippen molar-refractivity contribution in [2.45, 2.75) is 54.0 Å². The smallest absolute Gasteiger partial charge is 0.341 e. The van der Waals surface area contributed by atoms with Crippen LogP contribution in [0.15, 0.2) is 32.9 Å². The van der Waals surface area contributed by atoms with E-state index in [1.54, 1.807) is 7.11 Å². The molecule has 1 N–H and O–H groups in total. The van der Waals surface area contributed by atoms with Gasteiger partial charge in [0, 0.05) is 52.5 Å². The lowest BCUT2D eigenvalue weighted by Gasteiger charge is -2.33. The van der Waals surface area contributed by atoms with Gasteiger partial charge in [0.25, 0.3) is 0 Å². The minimum Gasteiger partial charge on any atom is -0.492 e. The number of rotatable bonds is 8. The summed E-state index contributed by atoms with van der Waals surface area (Å²) < 4.78 is 13.7. The fourth-order valence-electron chi connectivity index (χ4n) is 2.99. The summed E-state index contributed by atoms with van der Waals surface area (Å²) in [6.07, 6.45) is 3.00. The molecule has 1 aromatic heterocycles. The standard InChI is InChI=1S/C20H27BrN2O5.C4H10/c1-5-13(2)19(28-10-6-9-27-4)17(21)18-15-11-16(24)14(20(25)26)12-23(15)8-7-22(18)3;1-4(2)3/h11-12H,5-10H2,1-4H3,(H,25,26);4H,1-3H3/b18-17+,19-13?;. The van der Waals surface area contributed by atoms with Crippen LogP contribution in [0, 0.1) is 5.92 Å². The molecule has 7 nitrogen and oxygen atoms in total. The molecule has 0 aliphatic carbocycles. The van der Waals surface area contributed by atoms with E-state index in [4.69, 9.17) is 9.47 Å². The first-order valence-electron chi connectivity index (χ1n) is 11.0. The maximum Gasteiger partial charge on any atom is 0.341 e. The third-order valence-corrected chi connectivity index (χ3v) is 5.46. The van der Waals surface area contributed by atoms with Crippen LogP contribution >= 0.6 is 15.9 Å². The van der Waals surface area contributed by atoms with E-state index in [0.29, 0.717) is 32.0 Å². The molecule has 0 radical (unpaired) electrons. The number of likely N-dealkylation sites (N-methyl/N-ethyl adjacent to an activating group) is 1. The second kappa shape index (κ2) is 13.5. The van der Waals surface area contributed by atoms with Crippen LogP contribution in [-0.4, -0.2) is 54.5 Å². The molecule has 180 valence electrons. The summed E-state index contributed by atoms with van der Waals surface area (Å²) in [7, 11) is 3.60. The number of aromatic carboxylic acids is 1. The largest absolute Gasteiger partial charge is 0.492 e. The number of pyridine rings is 1. The Kier molecular flexibility index (Phi) is 11.8. The molecule has 0 unspecified atom stereocenters. The maximum absolute atomic E-state index is 12.3. The topological polar surface area (TPSA) is 81.0 Å². The van der Waals surface area contributed by atoms with Crippen molar-refractivity contribution in [2.75, 3.05) is 33.9 Å². The van der Waals surface area contributed by atoms with E-state index in [9.17, 15) is 14.7 Å². The van der Waals surface area contributed by atoms with E-state index in [0.717, 1.165) is 40.3 Å². The Morgan fingerprint density at radius 3 is 2.41 bits per heavy atom. The quantitative estimate of drug-likeness (QED) is 0.391. The monoisotopic (exact) mass is 512 g/mol. The van der Waals surface area contributed by atoms with Crippen molar-refractivity contribution < 1.29 is 19.4 Å². The summed E-state index contributed by atoms with van der Waals surface area (Å²) in [5.74, 6) is 0.358. The Morgan fingerprint density at radius 2 is 1.88 bits per heavy atom. The summed E-state index contributed by atoms with van der Waals surface area (Å²) in [6.45, 7) is 13.0. The Hall–Kier alpha value is -2.06. The van der Waals surface area contributed by atoms with Gasteiger partial charge in [0.05, 0.1) is 22.5 Å². The normalized spacial score (nSPS) is 15.5. The fraction of sp³-hybridized carbons (Fsp3) is 0.583. The van der Waals surface area contributed by atoms with Gasteiger partial charge in [0.15, 0.2) is 5.43 Å². The van der Waals surface area contributed by atoms with Crippen molar-refractivity contribution in [1.82, 2.24) is 9.47 Å². The summed E-state index contributed by atoms with van der Waals surface area (Å²) in [5, 5.41) is 9.25. The zero-order chi connectivity index (χ0) is 24.4. The van der Waals surface area contributed by atoms with Gasteiger partial charge in [-0.3, -0.25) is 4.79 Å². The molecule has 32 heavy (non-hydrogen) atoms. The maximum atomic E-state index is 12.3. The molecule has 0 fully saturated rings. The summed E-state index contributed by atoms with van der Waals surface area (Å²) in [5.41, 5.74) is 1.81. The van der Waals surface area contributed by atoms with Crippen LogP contribution in [0.1, 0.15) is 63.5 Å². The fourth-order valence-corrected chi connectivity index (χ4v) is 3.95. The highest BCUT2D eigenvalue weighted by Gasteiger charge is 2.25. The van der Waals surface area contributed by atoms with Crippen molar-refractivity contribution in [3.05, 3.63) is 49.6 Å². The molecule has 1 aliphatic rings. The van der Waals surface area contributed by atoms with Crippen LogP contribution in [0.4, 0.5) is 0 Å². The molecular formula is C24H37BrN2O5. The molecular weight excluding hydrogens is 476 g/mol. The number of allylic oxidation sites excluding steroid dienone is 2. The average Bonchev–Trinajstić information content (AvgIpc) is 2.71. The third-order valence-electron chi connectivity index (χ3n) is 4.72. The average molecular weight is 513 g/mol. The zero-order valence-corrected chi connectivity index (χ0v) is 21.9. The highest BCUT2D eigenvalue weighted by molar-refractivity contribution is 9.12. The molecule has 0 bridgehead atoms. The Balaban J connectivity index is 0.00000118. The number of carboxylic acids is 1. The zero-order valence-electron chi connectivity index (χ0n) is 20.3. The second-order valence-corrected chi connectivity index (χ2v) is 9.20. The Morgan fingerprint density at radius 1 is 1.25 bits per heavy atom. The lowest BCUT2D eigenvalue weighted by Crippen LogP contribution is -2.33. The van der Waals surface area contributed by atoms with E-state index < -0.39 is 11.4 Å². The van der Waals surface area contributed by atoms with Crippen LogP contribution in [0.2, 0.25) is 0 Å². The van der Waals surface area contributed by atoms with Gasteiger partial charge in [0.2, 0.25) is 0 Å². The number of fused-ring (bicyclic) bond motifs is 1. The lowest BCUT2D eigenvalue weighted by atomic mass is 10.1. The van der Waals surface area contributed by atoms with E-state index in [1.165, 1.54) is 12.3 Å². The number of aromatic nitrogens is 1. The van der Waals surface area contributed by atoms with Crippen LogP contribution in [0.3, 0.4) is 0 Å². The van der Waals surface area contributed by atoms with Crippen molar-refractivity contribution in [2.24, 2.45) is 5.92 Å². The first-order valence-corrected chi connectivity index (χ1v) is 11.7. The number of ether oxygens (including phenoxy) is 2. The number of halogens is 1. The predicted molar refractivity (Wildman–Crippen MR) is 132 cm³/mol. The van der Waals surface area contributed by atoms with Crippen LogP contribution in [0.5, 0.6) is 0 Å². The first kappa shape index (κ1) is 28.0. The molecule has 0 saturated heterocycles. The molecule has 0 spiro atoms. The van der Waals surface area contributed by atoms with Crippen LogP contribution in [-0.2, 0) is 16.0 Å². The van der Waals surface area contributed by atoms with Gasteiger partial charge in [-0.2, -0.15) is 0 Å². The SMILES string of the molecule is CC(C)C.CCC(C)=C(OCCCOC)/C(Br)=C1/c2cc(=O)c(C(=O)O)cn2CCN1C. The number of nitrogens with zero attached hydrogens (tertiary/aromatic N) is 2. The molecule has 2 heterocycles. The summed E-state index contributed by atoms with van der Waals surface area (Å²) in [6, 6.07) is 1.39. The van der Waals surface area contributed by atoms with E-state index in [-0.39, 0.29) is 5.56 Å². The van der Waals surface area contributed by atoms with Gasteiger partial charge < -0.3 is 24.0 Å². The number of methoxy groups -OCH3 is 1. The Labute approximate surface area is 199 Å². The Bertz CT molecular complexity index is 899. The van der Waals surface area contributed by atoms with Crippen LogP contribution < -0.4 is 5.43 Å². The van der Waals surface area contributed by atoms with Crippen molar-refractivity contribution in [3.8, 4) is 0 Å². The molecule has 1 aromatic rings. The van der Waals surface area contributed by atoms with Gasteiger partial charge in [-0.15, -0.1) is 0 Å². The lowest BCUT2D eigenvalue weighted by molar-refractivity contribution is 0.0694. The number of carbonyl (C=O) groups is 1. The number of hydrogen-bond acceptors (Lipinski definition) is 5. The first-order chi connectivity index (χ1) is 15.0. The van der Waals surface area contributed by atoms with Crippen molar-refractivity contribution >= 4 is 27.6 Å². The van der Waals surface area contributed by atoms with E-state index >= 15 is 0 Å². The van der Waals surface area contributed by atoms with E-state index in [2.05, 4.69) is 43.6 Å². The minimum atomic E-state index is -1.22. The third kappa shape index (κ3) is 7.81. The molecule has 0 saturated carbocycles. The molecule has 0 atom stereocenters. The van der Waals surface area contributed by atoms with Gasteiger partial charge >= 0.3 is 5.97 Å². The summed E-state index contributed by atoms with van der Waals surface area (Å²) >= 11 is 3.69. The van der Waals surface area contributed by atoms with Crippen molar-refractivity contribution in [1.29, 1.82) is 0 Å². The molecule has 2 rings (SSSR count). The highest BCUT2D eigenvalue weighted by atomic mass is 79.9. The molecule has 0 aromatic carbocycles. The second-order valence-electron chi connectivity index (χ2n) is 8.41. The predicted octanol–water partition coefficient (Wildman–Crippen LogP) is 4.95. The van der Waals surface area contributed by atoms with Gasteiger partial charge in [-0.05, 0) is 40.8 Å². The van der Waals surface area contributed by atoms with Gasteiger partial charge in [-0.1, -0.05) is 27.7 Å². The van der Waals surface area contributed by atoms with Gasteiger partial charge in [0.1, 0.15) is 11.3 Å². The number of carboxylic acid groups (broad SMARTS) is 1. The molecule has 8 heteroatoms. The summed E-state index contributed by atoms with van der Waals surface area (Å²) in [4.78, 5) is 25.7. The molecule has 0 amide bonds. The van der Waals surface area contributed by atoms with Gasteiger partial charge in [-0.25, -0.2) is 4.79 Å². The van der Waals surface area contributed by atoms with Crippen LogP contribution in [0.25, 0.3) is 5.70 Å². The van der Waals surface area contributed by atoms with Crippen molar-refractivity contribution in [3.63, 3.8) is 0 Å².